The first kappa shape index (κ1) is 83.9. The molecule has 3 atom stereocenters. The number of phosphoric acid groups is 1. The molecule has 2 N–H and O–H groups in total. The number of likely N-dealkylation sites (N-methyl/N-ethyl adjacent to an activating group) is 1. The van der Waals surface area contributed by atoms with Gasteiger partial charge in [-0.15, -0.1) is 0 Å². The van der Waals surface area contributed by atoms with Crippen LogP contribution in [0.15, 0.2) is 97.2 Å². The number of hydrogen-bond donors (Lipinski definition) is 2. The van der Waals surface area contributed by atoms with E-state index in [0.717, 1.165) is 109 Å². The topological polar surface area (TPSA) is 111 Å². The monoisotopic (exact) mass is 1240 g/mol. The molecule has 0 saturated heterocycles. The van der Waals surface area contributed by atoms with Gasteiger partial charge in [0.2, 0.25) is 5.91 Å². The Labute approximate surface area is 538 Å². The smallest absolute Gasteiger partial charge is 0.456 e. The van der Waals surface area contributed by atoms with Crippen LogP contribution in [0, 0.1) is 0 Å². The Bertz CT molecular complexity index is 1810. The van der Waals surface area contributed by atoms with Crippen molar-refractivity contribution in [3.8, 4) is 0 Å². The van der Waals surface area contributed by atoms with Crippen molar-refractivity contribution < 1.29 is 37.3 Å². The number of nitrogens with one attached hydrogen (secondary N) is 1. The number of carbonyl (C=O) groups is 2. The van der Waals surface area contributed by atoms with Gasteiger partial charge in [0, 0.05) is 12.8 Å². The summed E-state index contributed by atoms with van der Waals surface area (Å²) in [5.41, 5.74) is 0. The van der Waals surface area contributed by atoms with Crippen LogP contribution in [0.5, 0.6) is 0 Å². The van der Waals surface area contributed by atoms with Crippen LogP contribution in [0.3, 0.4) is 0 Å². The van der Waals surface area contributed by atoms with Crippen molar-refractivity contribution in [2.24, 2.45) is 0 Å². The highest BCUT2D eigenvalue weighted by atomic mass is 31.2. The first-order valence-corrected chi connectivity index (χ1v) is 38.1. The van der Waals surface area contributed by atoms with Gasteiger partial charge in [-0.25, -0.2) is 4.57 Å². The molecule has 504 valence electrons. The number of nitrogens with zero attached hydrogens (tertiary/aromatic N) is 1. The van der Waals surface area contributed by atoms with Gasteiger partial charge >= 0.3 is 13.8 Å². The van der Waals surface area contributed by atoms with E-state index in [4.69, 9.17) is 13.8 Å². The maximum atomic E-state index is 13.6. The zero-order valence-electron chi connectivity index (χ0n) is 57.7. The number of amides is 1. The number of rotatable bonds is 66. The number of carbonyl (C=O) groups excluding carboxylic acids is 2. The fourth-order valence-corrected chi connectivity index (χ4v) is 11.1. The van der Waals surface area contributed by atoms with Crippen LogP contribution in [0.25, 0.3) is 0 Å². The molecule has 3 unspecified atom stereocenters. The highest BCUT2D eigenvalue weighted by Gasteiger charge is 2.30. The molecule has 0 bridgehead atoms. The second kappa shape index (κ2) is 65.9. The minimum atomic E-state index is -4.46. The van der Waals surface area contributed by atoms with Crippen molar-refractivity contribution >= 4 is 19.7 Å². The second-order valence-corrected chi connectivity index (χ2v) is 27.2. The van der Waals surface area contributed by atoms with Crippen molar-refractivity contribution in [1.29, 1.82) is 0 Å². The summed E-state index contributed by atoms with van der Waals surface area (Å²) >= 11 is 0. The predicted molar refractivity (Wildman–Crippen MR) is 378 cm³/mol. The highest BCUT2D eigenvalue weighted by molar-refractivity contribution is 7.47. The number of unbranched alkanes of at least 4 members (excludes halogenated alkanes) is 36. The van der Waals surface area contributed by atoms with Crippen LogP contribution in [-0.2, 0) is 27.9 Å². The molecule has 0 aromatic rings. The second-order valence-electron chi connectivity index (χ2n) is 25.7. The molecule has 1 amide bonds. The van der Waals surface area contributed by atoms with Gasteiger partial charge in [0.25, 0.3) is 0 Å². The molecule has 0 aromatic heterocycles. The predicted octanol–water partition coefficient (Wildman–Crippen LogP) is 23.5. The molecule has 0 rings (SSSR count). The van der Waals surface area contributed by atoms with Gasteiger partial charge in [0.1, 0.15) is 19.3 Å². The van der Waals surface area contributed by atoms with Crippen LogP contribution >= 0.6 is 7.82 Å². The minimum absolute atomic E-state index is 0.0353. The molecule has 10 heteroatoms. The zero-order chi connectivity index (χ0) is 63.5. The molecule has 0 spiro atoms. The summed E-state index contributed by atoms with van der Waals surface area (Å²) in [4.78, 5) is 38.0. The Morgan fingerprint density at radius 3 is 1.11 bits per heavy atom. The van der Waals surface area contributed by atoms with E-state index in [1.807, 2.05) is 33.3 Å². The lowest BCUT2D eigenvalue weighted by atomic mass is 10.0. The number of phosphoric ester groups is 1. The van der Waals surface area contributed by atoms with E-state index in [-0.39, 0.29) is 31.5 Å². The summed E-state index contributed by atoms with van der Waals surface area (Å²) in [5, 5.41) is 3.07. The number of allylic oxidation sites excluding steroid dienone is 15. The van der Waals surface area contributed by atoms with Crippen molar-refractivity contribution in [2.75, 3.05) is 40.9 Å². The van der Waals surface area contributed by atoms with E-state index in [9.17, 15) is 19.0 Å². The Morgan fingerprint density at radius 1 is 0.414 bits per heavy atom. The summed E-state index contributed by atoms with van der Waals surface area (Å²) in [7, 11) is 1.49. The maximum Gasteiger partial charge on any atom is 0.472 e. The van der Waals surface area contributed by atoms with Crippen LogP contribution in [0.1, 0.15) is 329 Å². The highest BCUT2D eigenvalue weighted by Crippen LogP contribution is 2.43. The Balaban J connectivity index is 5.10. The fourth-order valence-electron chi connectivity index (χ4n) is 10.4. The van der Waals surface area contributed by atoms with E-state index < -0.39 is 20.0 Å². The molecule has 9 nitrogen and oxygen atoms in total. The molecule has 0 fully saturated rings. The summed E-state index contributed by atoms with van der Waals surface area (Å²) in [6.07, 6.45) is 89.9. The normalized spacial score (nSPS) is 14.1. The van der Waals surface area contributed by atoms with Gasteiger partial charge < -0.3 is 19.4 Å². The lowest BCUT2D eigenvalue weighted by molar-refractivity contribution is -0.870. The van der Waals surface area contributed by atoms with Gasteiger partial charge in [-0.1, -0.05) is 305 Å². The molecule has 0 heterocycles. The van der Waals surface area contributed by atoms with Crippen LogP contribution in [0.2, 0.25) is 0 Å². The van der Waals surface area contributed by atoms with E-state index in [1.54, 1.807) is 0 Å². The third kappa shape index (κ3) is 67.2. The Morgan fingerprint density at radius 2 is 0.736 bits per heavy atom. The summed E-state index contributed by atoms with van der Waals surface area (Å²) in [6, 6.07) is -0.859. The zero-order valence-corrected chi connectivity index (χ0v) is 58.6. The van der Waals surface area contributed by atoms with Crippen LogP contribution in [0.4, 0.5) is 0 Å². The molecule has 0 aliphatic heterocycles. The lowest BCUT2D eigenvalue weighted by Gasteiger charge is -2.27. The van der Waals surface area contributed by atoms with Crippen molar-refractivity contribution in [1.82, 2.24) is 5.32 Å². The lowest BCUT2D eigenvalue weighted by Crippen LogP contribution is -2.47. The molecule has 0 aliphatic rings. The summed E-state index contributed by atoms with van der Waals surface area (Å²) in [6.45, 7) is 6.92. The average molecular weight is 1240 g/mol. The summed E-state index contributed by atoms with van der Waals surface area (Å²) in [5.74, 6) is -0.509. The van der Waals surface area contributed by atoms with Crippen molar-refractivity contribution in [2.45, 2.75) is 341 Å². The Hall–Kier alpha value is -3.07. The van der Waals surface area contributed by atoms with E-state index in [1.165, 1.54) is 186 Å². The van der Waals surface area contributed by atoms with E-state index >= 15 is 0 Å². The van der Waals surface area contributed by atoms with Crippen molar-refractivity contribution in [3.63, 3.8) is 0 Å². The quantitative estimate of drug-likeness (QED) is 0.0205. The van der Waals surface area contributed by atoms with Gasteiger partial charge in [0.05, 0.1) is 33.8 Å². The third-order valence-corrected chi connectivity index (χ3v) is 17.0. The number of quaternary nitrogens is 1. The molecule has 0 radical (unpaired) electrons. The first-order valence-electron chi connectivity index (χ1n) is 36.6. The van der Waals surface area contributed by atoms with E-state index in [2.05, 4.69) is 111 Å². The molecule has 0 aromatic carbocycles. The van der Waals surface area contributed by atoms with Crippen LogP contribution < -0.4 is 5.32 Å². The molecular formula is C77H140N2O7P+. The molecular weight excluding hydrogens is 1100 g/mol. The van der Waals surface area contributed by atoms with Gasteiger partial charge in [-0.2, -0.15) is 0 Å². The third-order valence-electron chi connectivity index (χ3n) is 16.0. The fraction of sp³-hybridized carbons (Fsp3) is 0.766. The number of esters is 1. The molecule has 0 aliphatic carbocycles. The Kier molecular flexibility index (Phi) is 63.5. The summed E-state index contributed by atoms with van der Waals surface area (Å²) < 4.78 is 30.9. The molecule has 0 saturated carbocycles. The standard InChI is InChI=1S/C77H139N2O7P/c1-7-10-13-16-19-22-25-28-30-32-34-36-37-38-39-40-41-43-44-46-48-51-54-57-60-63-66-69-76(80)78-74(73-85-87(82,83)84-72-71-79(4,5)6)75(68-65-62-59-56-53-50-27-24-21-18-15-12-9-3)86-77(81)70-67-64-61-58-55-52-49-47-45-42-35-33-31-29-26-23-20-17-14-11-8-2/h10,13,19,22,28-31,34,36,38-39,41,43,65,68,74-75H,7-9,11-12,14-18,20-21,23-27,32-33,35,37,40,42,44-64,66-67,69-73H2,1-6H3,(H-,78,80,82,83)/p+1/b13-10-,22-19-,30-28-,31-29+,36-34-,39-38-,43-41-,68-65-. The maximum absolute atomic E-state index is 13.6. The van der Waals surface area contributed by atoms with E-state index in [0.29, 0.717) is 17.4 Å². The first-order chi connectivity index (χ1) is 42.4. The largest absolute Gasteiger partial charge is 0.472 e. The van der Waals surface area contributed by atoms with Crippen molar-refractivity contribution in [3.05, 3.63) is 97.2 Å². The van der Waals surface area contributed by atoms with Crippen LogP contribution in [-0.4, -0.2) is 74.3 Å². The van der Waals surface area contributed by atoms with Gasteiger partial charge in [-0.05, 0) is 109 Å². The van der Waals surface area contributed by atoms with Gasteiger partial charge in [0.15, 0.2) is 0 Å². The average Bonchev–Trinajstić information content (AvgIpc) is 3.69. The van der Waals surface area contributed by atoms with Gasteiger partial charge in [-0.3, -0.25) is 18.6 Å². The number of ether oxygens (including phenoxy) is 1. The number of hydrogen-bond acceptors (Lipinski definition) is 6. The SMILES string of the molecule is CC/C=C\C/C=C\C/C=C\C/C=C\C/C=C\C/C=C\CCCCCCCCCCC(=O)NC(COP(=O)(O)OCC[N+](C)(C)C)C(/C=C\CCCCCCCCCCCCC)OC(=O)CCCCCCCCCCCCC/C=C/CCCCCCCC. The molecule has 87 heavy (non-hydrogen) atoms. The minimum Gasteiger partial charge on any atom is -0.456 e.